The molecule has 0 aliphatic carbocycles. The quantitative estimate of drug-likeness (QED) is 0.714. The zero-order valence-electron chi connectivity index (χ0n) is 11.3. The van der Waals surface area contributed by atoms with Crippen LogP contribution >= 0.6 is 0 Å². The lowest BCUT2D eigenvalue weighted by Crippen LogP contribution is -2.02. The Bertz CT molecular complexity index is 676. The molecule has 3 rings (SSSR count). The third kappa shape index (κ3) is 3.26. The number of hydrogen-bond donors (Lipinski definition) is 2. The van der Waals surface area contributed by atoms with Crippen molar-refractivity contribution in [1.82, 2.24) is 20.0 Å². The van der Waals surface area contributed by atoms with Crippen LogP contribution in [-0.4, -0.2) is 31.7 Å². The lowest BCUT2D eigenvalue weighted by Gasteiger charge is -2.05. The van der Waals surface area contributed by atoms with Crippen LogP contribution in [0.15, 0.2) is 47.5 Å². The molecule has 1 aromatic carbocycles. The number of aromatic nitrogens is 4. The van der Waals surface area contributed by atoms with Crippen molar-refractivity contribution in [3.63, 3.8) is 0 Å². The highest BCUT2D eigenvalue weighted by molar-refractivity contribution is 5.58. The van der Waals surface area contributed by atoms with Crippen molar-refractivity contribution < 1.29 is 9.52 Å². The Morgan fingerprint density at radius 2 is 2.10 bits per heavy atom. The highest BCUT2D eigenvalue weighted by Gasteiger charge is 2.03. The van der Waals surface area contributed by atoms with Gasteiger partial charge in [0.25, 0.3) is 0 Å². The van der Waals surface area contributed by atoms with E-state index in [9.17, 15) is 0 Å². The van der Waals surface area contributed by atoms with Crippen LogP contribution < -0.4 is 5.32 Å². The van der Waals surface area contributed by atoms with E-state index in [1.165, 1.54) is 6.39 Å². The number of nitrogens with one attached hydrogen (secondary N) is 1. The summed E-state index contributed by atoms with van der Waals surface area (Å²) in [6, 6.07) is 7.76. The van der Waals surface area contributed by atoms with Crippen LogP contribution in [0.5, 0.6) is 0 Å². The predicted octanol–water partition coefficient (Wildman–Crippen LogP) is 1.54. The van der Waals surface area contributed by atoms with Gasteiger partial charge in [-0.05, 0) is 24.3 Å². The minimum Gasteiger partial charge on any atom is -0.423 e. The first-order chi connectivity index (χ1) is 10.3. The second kappa shape index (κ2) is 6.19. The number of aliphatic hydroxyl groups excluding tert-OH is 1. The largest absolute Gasteiger partial charge is 0.423 e. The number of aliphatic hydroxyl groups is 1. The van der Waals surface area contributed by atoms with Gasteiger partial charge in [0.05, 0.1) is 19.3 Å². The van der Waals surface area contributed by atoms with E-state index in [1.54, 1.807) is 10.9 Å². The minimum atomic E-state index is 0.0890. The molecule has 3 aromatic rings. The lowest BCUT2D eigenvalue weighted by molar-refractivity contribution is 0.269. The molecule has 2 aromatic heterocycles. The Morgan fingerprint density at radius 1 is 1.24 bits per heavy atom. The molecule has 0 radical (unpaired) electrons. The summed E-state index contributed by atoms with van der Waals surface area (Å²) in [6.45, 7) is 1.27. The smallest absolute Gasteiger partial charge is 0.247 e. The van der Waals surface area contributed by atoms with Crippen LogP contribution in [0.4, 0.5) is 5.69 Å². The number of anilines is 1. The molecule has 2 heterocycles. The zero-order valence-corrected chi connectivity index (χ0v) is 11.3. The van der Waals surface area contributed by atoms with E-state index < -0.39 is 0 Å². The van der Waals surface area contributed by atoms with E-state index in [0.29, 0.717) is 19.0 Å². The molecule has 0 atom stereocenters. The van der Waals surface area contributed by atoms with Gasteiger partial charge in [-0.15, -0.1) is 10.2 Å². The second-order valence-corrected chi connectivity index (χ2v) is 4.51. The van der Waals surface area contributed by atoms with E-state index in [4.69, 9.17) is 9.52 Å². The first kappa shape index (κ1) is 13.3. The summed E-state index contributed by atoms with van der Waals surface area (Å²) in [6.07, 6.45) is 5.01. The van der Waals surface area contributed by atoms with Crippen molar-refractivity contribution >= 4 is 5.69 Å². The van der Waals surface area contributed by atoms with Gasteiger partial charge in [-0.25, -0.2) is 0 Å². The Balaban J connectivity index is 1.60. The van der Waals surface area contributed by atoms with Gasteiger partial charge < -0.3 is 14.8 Å². The molecule has 0 bridgehead atoms. The topological polar surface area (TPSA) is 89.0 Å². The van der Waals surface area contributed by atoms with Gasteiger partial charge in [-0.2, -0.15) is 5.10 Å². The van der Waals surface area contributed by atoms with Crippen molar-refractivity contribution in [2.45, 2.75) is 13.1 Å². The lowest BCUT2D eigenvalue weighted by atomic mass is 10.2. The van der Waals surface area contributed by atoms with Gasteiger partial charge in [0, 0.05) is 29.6 Å². The van der Waals surface area contributed by atoms with Gasteiger partial charge >= 0.3 is 0 Å². The average Bonchev–Trinajstić information content (AvgIpc) is 3.18. The maximum absolute atomic E-state index is 8.85. The molecule has 0 unspecified atom stereocenters. The Labute approximate surface area is 121 Å². The van der Waals surface area contributed by atoms with Crippen molar-refractivity contribution in [1.29, 1.82) is 0 Å². The fraction of sp³-hybridized carbons (Fsp3) is 0.214. The Morgan fingerprint density at radius 3 is 2.81 bits per heavy atom. The summed E-state index contributed by atoms with van der Waals surface area (Å²) in [5.41, 5.74) is 2.94. The van der Waals surface area contributed by atoms with E-state index in [-0.39, 0.29) is 6.61 Å². The van der Waals surface area contributed by atoms with Crippen molar-refractivity contribution in [3.8, 4) is 11.5 Å². The van der Waals surface area contributed by atoms with Gasteiger partial charge in [0.1, 0.15) is 0 Å². The third-order valence-electron chi connectivity index (χ3n) is 3.00. The molecule has 2 N–H and O–H groups in total. The summed E-state index contributed by atoms with van der Waals surface area (Å²) in [5.74, 6) is 0.506. The molecular weight excluding hydrogens is 270 g/mol. The molecule has 21 heavy (non-hydrogen) atoms. The van der Waals surface area contributed by atoms with Crippen LogP contribution in [0, 0.1) is 0 Å². The number of rotatable bonds is 6. The van der Waals surface area contributed by atoms with E-state index in [0.717, 1.165) is 16.8 Å². The summed E-state index contributed by atoms with van der Waals surface area (Å²) in [7, 11) is 0. The van der Waals surface area contributed by atoms with Crippen LogP contribution in [0.2, 0.25) is 0 Å². The molecule has 0 aliphatic rings. The third-order valence-corrected chi connectivity index (χ3v) is 3.00. The van der Waals surface area contributed by atoms with E-state index >= 15 is 0 Å². The van der Waals surface area contributed by atoms with Crippen LogP contribution in [0.25, 0.3) is 11.5 Å². The Kier molecular flexibility index (Phi) is 3.92. The van der Waals surface area contributed by atoms with E-state index in [1.807, 2.05) is 30.5 Å². The molecule has 0 fully saturated rings. The SMILES string of the molecule is OCCn1cc(CNc2ccc(-c3nnco3)cc2)cn1. The molecule has 7 heteroatoms. The summed E-state index contributed by atoms with van der Waals surface area (Å²) < 4.78 is 6.86. The van der Waals surface area contributed by atoms with Gasteiger partial charge in [-0.1, -0.05) is 0 Å². The normalized spacial score (nSPS) is 10.7. The zero-order chi connectivity index (χ0) is 14.5. The van der Waals surface area contributed by atoms with Crippen LogP contribution in [0.3, 0.4) is 0 Å². The Hall–Kier alpha value is -2.67. The van der Waals surface area contributed by atoms with Crippen molar-refractivity contribution in [3.05, 3.63) is 48.6 Å². The van der Waals surface area contributed by atoms with Crippen molar-refractivity contribution in [2.24, 2.45) is 0 Å². The van der Waals surface area contributed by atoms with E-state index in [2.05, 4.69) is 20.6 Å². The van der Waals surface area contributed by atoms with Gasteiger partial charge in [0.2, 0.25) is 12.3 Å². The highest BCUT2D eigenvalue weighted by Crippen LogP contribution is 2.19. The molecule has 0 saturated carbocycles. The number of nitrogens with zero attached hydrogens (tertiary/aromatic N) is 4. The average molecular weight is 285 g/mol. The van der Waals surface area contributed by atoms with Crippen molar-refractivity contribution in [2.75, 3.05) is 11.9 Å². The molecule has 108 valence electrons. The predicted molar refractivity (Wildman–Crippen MR) is 76.4 cm³/mol. The van der Waals surface area contributed by atoms with Crippen LogP contribution in [-0.2, 0) is 13.1 Å². The maximum Gasteiger partial charge on any atom is 0.247 e. The standard InChI is InChI=1S/C14H15N5O2/c20-6-5-19-9-11(8-17-19)7-15-13-3-1-12(2-4-13)14-18-16-10-21-14/h1-4,8-10,15,20H,5-7H2. The molecule has 0 amide bonds. The van der Waals surface area contributed by atoms with Crippen LogP contribution in [0.1, 0.15) is 5.56 Å². The minimum absolute atomic E-state index is 0.0890. The number of hydrogen-bond acceptors (Lipinski definition) is 6. The molecular formula is C14H15N5O2. The van der Waals surface area contributed by atoms with Gasteiger partial charge in [-0.3, -0.25) is 4.68 Å². The highest BCUT2D eigenvalue weighted by atomic mass is 16.4. The summed E-state index contributed by atoms with van der Waals surface area (Å²) in [5, 5.41) is 23.8. The first-order valence-corrected chi connectivity index (χ1v) is 6.58. The molecule has 0 saturated heterocycles. The maximum atomic E-state index is 8.85. The fourth-order valence-electron chi connectivity index (χ4n) is 1.96. The molecule has 7 nitrogen and oxygen atoms in total. The fourth-order valence-corrected chi connectivity index (χ4v) is 1.96. The molecule has 0 spiro atoms. The van der Waals surface area contributed by atoms with Gasteiger partial charge in [0.15, 0.2) is 0 Å². The second-order valence-electron chi connectivity index (χ2n) is 4.51. The first-order valence-electron chi connectivity index (χ1n) is 6.58. The monoisotopic (exact) mass is 285 g/mol. The summed E-state index contributed by atoms with van der Waals surface area (Å²) >= 11 is 0. The number of benzene rings is 1. The summed E-state index contributed by atoms with van der Waals surface area (Å²) in [4.78, 5) is 0. The molecule has 0 aliphatic heterocycles.